The Bertz CT molecular complexity index is 1030. The summed E-state index contributed by atoms with van der Waals surface area (Å²) in [6.45, 7) is 0.537. The van der Waals surface area contributed by atoms with Gasteiger partial charge in [-0.1, -0.05) is 54.6 Å². The fourth-order valence-electron chi connectivity index (χ4n) is 4.29. The summed E-state index contributed by atoms with van der Waals surface area (Å²) in [5.74, 6) is -0.772. The zero-order chi connectivity index (χ0) is 22.7. The van der Waals surface area contributed by atoms with Crippen molar-refractivity contribution in [3.8, 4) is 0 Å². The van der Waals surface area contributed by atoms with Crippen molar-refractivity contribution in [1.29, 1.82) is 0 Å². The molecule has 2 N–H and O–H groups in total. The Morgan fingerprint density at radius 2 is 1.69 bits per heavy atom. The quantitative estimate of drug-likeness (QED) is 0.415. The third-order valence-corrected chi connectivity index (χ3v) is 6.90. The molecule has 5 atom stereocenters. The van der Waals surface area contributed by atoms with Gasteiger partial charge in [0.1, 0.15) is 18.5 Å². The molecule has 7 heteroatoms. The first kappa shape index (κ1) is 22.9. The zero-order valence-electron chi connectivity index (χ0n) is 17.2. The van der Waals surface area contributed by atoms with E-state index in [2.05, 4.69) is 0 Å². The van der Waals surface area contributed by atoms with E-state index < -0.39 is 12.1 Å². The number of alkyl halides is 2. The van der Waals surface area contributed by atoms with Gasteiger partial charge in [-0.3, -0.25) is 0 Å². The van der Waals surface area contributed by atoms with E-state index in [0.29, 0.717) is 18.8 Å². The van der Waals surface area contributed by atoms with Crippen LogP contribution in [0.5, 0.6) is 0 Å². The number of carboxylic acid groups (broad SMARTS) is 1. The summed E-state index contributed by atoms with van der Waals surface area (Å²) in [5, 5.41) is 19.3. The molecule has 1 aliphatic carbocycles. The maximum absolute atomic E-state index is 10.9. The first-order valence-electron chi connectivity index (χ1n) is 10.4. The summed E-state index contributed by atoms with van der Waals surface area (Å²) in [6.07, 6.45) is -0.0235. The van der Waals surface area contributed by atoms with E-state index in [9.17, 15) is 9.90 Å². The smallest absolute Gasteiger partial charge is 0.371 e. The molecule has 0 saturated heterocycles. The number of ether oxygens (including phenoxy) is 1. The van der Waals surface area contributed by atoms with Crippen molar-refractivity contribution in [2.75, 3.05) is 6.61 Å². The summed E-state index contributed by atoms with van der Waals surface area (Å²) < 4.78 is 11.1. The van der Waals surface area contributed by atoms with Crippen LogP contribution in [0.4, 0.5) is 0 Å². The largest absolute Gasteiger partial charge is 0.475 e. The van der Waals surface area contributed by atoms with E-state index in [0.717, 1.165) is 16.7 Å². The van der Waals surface area contributed by atoms with Gasteiger partial charge in [0.05, 0.1) is 6.61 Å². The van der Waals surface area contributed by atoms with Crippen LogP contribution in [0.3, 0.4) is 0 Å². The monoisotopic (exact) mass is 474 g/mol. The molecular weight excluding hydrogens is 451 g/mol. The van der Waals surface area contributed by atoms with Gasteiger partial charge >= 0.3 is 5.97 Å². The summed E-state index contributed by atoms with van der Waals surface area (Å²) in [5.41, 5.74) is 2.70. The molecule has 5 unspecified atom stereocenters. The number of aliphatic hydroxyl groups is 1. The highest BCUT2D eigenvalue weighted by Gasteiger charge is 2.42. The van der Waals surface area contributed by atoms with E-state index in [4.69, 9.17) is 37.5 Å². The van der Waals surface area contributed by atoms with Crippen molar-refractivity contribution >= 4 is 29.2 Å². The molecule has 1 heterocycles. The molecule has 0 amide bonds. The predicted octanol–water partition coefficient (Wildman–Crippen LogP) is 5.59. The van der Waals surface area contributed by atoms with Gasteiger partial charge in [0.25, 0.3) is 0 Å². The topological polar surface area (TPSA) is 79.9 Å². The van der Waals surface area contributed by atoms with Gasteiger partial charge < -0.3 is 19.4 Å². The third-order valence-electron chi connectivity index (χ3n) is 5.95. The third kappa shape index (κ3) is 5.02. The molecular formula is C25H24Cl2O5. The van der Waals surface area contributed by atoms with Crippen LogP contribution in [-0.2, 0) is 11.3 Å². The molecule has 1 saturated carbocycles. The summed E-state index contributed by atoms with van der Waals surface area (Å²) >= 11 is 13.3. The van der Waals surface area contributed by atoms with Gasteiger partial charge in [-0.15, -0.1) is 23.2 Å². The number of hydrogen-bond acceptors (Lipinski definition) is 4. The van der Waals surface area contributed by atoms with E-state index in [1.54, 1.807) is 6.07 Å². The van der Waals surface area contributed by atoms with Crippen LogP contribution in [0, 0.1) is 5.92 Å². The van der Waals surface area contributed by atoms with E-state index >= 15 is 0 Å². The van der Waals surface area contributed by atoms with Gasteiger partial charge in [-0.2, -0.15) is 0 Å². The van der Waals surface area contributed by atoms with Crippen LogP contribution >= 0.6 is 23.2 Å². The number of benzene rings is 2. The lowest BCUT2D eigenvalue weighted by Crippen LogP contribution is -2.22. The highest BCUT2D eigenvalue weighted by atomic mass is 35.5. The number of carboxylic acids is 1. The highest BCUT2D eigenvalue weighted by Crippen LogP contribution is 2.46. The zero-order valence-corrected chi connectivity index (χ0v) is 18.7. The SMILES string of the molecule is O=C(O)c1ccc(COCC2C(Cl)CC(Cl)C2c2ccc(C(O)c3ccccc3)cc2)o1. The number of furan rings is 1. The Kier molecular flexibility index (Phi) is 7.21. The molecule has 1 aliphatic rings. The molecule has 1 aromatic heterocycles. The number of hydrogen-bond donors (Lipinski definition) is 2. The second-order valence-corrected chi connectivity index (χ2v) is 9.14. The molecule has 2 aromatic carbocycles. The Hall–Kier alpha value is -2.31. The molecule has 0 radical (unpaired) electrons. The van der Waals surface area contributed by atoms with Crippen molar-refractivity contribution in [1.82, 2.24) is 0 Å². The van der Waals surface area contributed by atoms with E-state index in [1.165, 1.54) is 6.07 Å². The molecule has 32 heavy (non-hydrogen) atoms. The van der Waals surface area contributed by atoms with Crippen LogP contribution in [0.2, 0.25) is 0 Å². The Morgan fingerprint density at radius 3 is 2.34 bits per heavy atom. The number of rotatable bonds is 8. The van der Waals surface area contributed by atoms with Crippen molar-refractivity contribution in [2.45, 2.75) is 35.8 Å². The first-order valence-corrected chi connectivity index (χ1v) is 11.3. The summed E-state index contributed by atoms with van der Waals surface area (Å²) in [4.78, 5) is 10.9. The molecule has 0 spiro atoms. The Labute approximate surface area is 196 Å². The lowest BCUT2D eigenvalue weighted by molar-refractivity contribution is 0.0617. The lowest BCUT2D eigenvalue weighted by Gasteiger charge is -2.24. The molecule has 3 aromatic rings. The van der Waals surface area contributed by atoms with Crippen LogP contribution in [0.15, 0.2) is 71.1 Å². The summed E-state index contributed by atoms with van der Waals surface area (Å²) in [6, 6.07) is 20.4. The molecule has 0 aliphatic heterocycles. The van der Waals surface area contributed by atoms with Crippen molar-refractivity contribution in [2.24, 2.45) is 5.92 Å². The normalized spacial score (nSPS) is 23.8. The van der Waals surface area contributed by atoms with Crippen molar-refractivity contribution < 1.29 is 24.2 Å². The molecule has 1 fully saturated rings. The summed E-state index contributed by atoms with van der Waals surface area (Å²) in [7, 11) is 0. The Balaban J connectivity index is 1.43. The number of carbonyl (C=O) groups is 1. The Morgan fingerprint density at radius 1 is 1.00 bits per heavy atom. The highest BCUT2D eigenvalue weighted by molar-refractivity contribution is 6.25. The van der Waals surface area contributed by atoms with E-state index in [-0.39, 0.29) is 35.0 Å². The van der Waals surface area contributed by atoms with Crippen LogP contribution in [0.25, 0.3) is 0 Å². The van der Waals surface area contributed by atoms with Gasteiger partial charge in [0, 0.05) is 22.6 Å². The number of halogens is 2. The second kappa shape index (κ2) is 10.1. The average molecular weight is 475 g/mol. The fraction of sp³-hybridized carbons (Fsp3) is 0.320. The van der Waals surface area contributed by atoms with Gasteiger partial charge in [0.2, 0.25) is 5.76 Å². The second-order valence-electron chi connectivity index (χ2n) is 8.02. The van der Waals surface area contributed by atoms with Crippen LogP contribution in [0.1, 0.15) is 51.4 Å². The van der Waals surface area contributed by atoms with E-state index in [1.807, 2.05) is 54.6 Å². The van der Waals surface area contributed by atoms with Crippen LogP contribution < -0.4 is 0 Å². The standard InChI is InChI=1S/C25H24Cl2O5/c26-20-12-21(27)23(19(20)14-31-13-18-10-11-22(32-18)25(29)30)15-6-8-17(9-7-15)24(28)16-4-2-1-3-5-16/h1-11,19-21,23-24,28H,12-14H2,(H,29,30). The maximum atomic E-state index is 10.9. The maximum Gasteiger partial charge on any atom is 0.371 e. The number of aliphatic hydroxyl groups excluding tert-OH is 1. The molecule has 0 bridgehead atoms. The minimum Gasteiger partial charge on any atom is -0.475 e. The molecule has 5 nitrogen and oxygen atoms in total. The van der Waals surface area contributed by atoms with Gasteiger partial charge in [-0.25, -0.2) is 4.79 Å². The van der Waals surface area contributed by atoms with Crippen molar-refractivity contribution in [3.63, 3.8) is 0 Å². The van der Waals surface area contributed by atoms with Gasteiger partial charge in [0.15, 0.2) is 0 Å². The first-order chi connectivity index (χ1) is 15.4. The van der Waals surface area contributed by atoms with Crippen molar-refractivity contribution in [3.05, 3.63) is 94.9 Å². The van der Waals surface area contributed by atoms with Crippen LogP contribution in [-0.4, -0.2) is 33.5 Å². The lowest BCUT2D eigenvalue weighted by atomic mass is 9.88. The minimum absolute atomic E-state index is 0.00188. The molecule has 168 valence electrons. The minimum atomic E-state index is -1.11. The number of aromatic carboxylic acids is 1. The average Bonchev–Trinajstić information content (AvgIpc) is 3.38. The molecule has 4 rings (SSSR count). The predicted molar refractivity (Wildman–Crippen MR) is 122 cm³/mol. The van der Waals surface area contributed by atoms with Gasteiger partial charge in [-0.05, 0) is 35.2 Å². The fourth-order valence-corrected chi connectivity index (χ4v) is 5.33.